The Hall–Kier alpha value is -10.4. The molecule has 0 bridgehead atoms. The molecule has 0 aliphatic heterocycles. The van der Waals surface area contributed by atoms with E-state index in [9.17, 15) is 0 Å². The Bertz CT molecular complexity index is 5540. The summed E-state index contributed by atoms with van der Waals surface area (Å²) in [6, 6.07) is 94.8. The summed E-state index contributed by atoms with van der Waals surface area (Å²) in [5.41, 5.74) is 23.1. The molecule has 18 rings (SSSR count). The molecule has 2 aliphatic rings. The van der Waals surface area contributed by atoms with Crippen molar-refractivity contribution in [3.63, 3.8) is 0 Å². The van der Waals surface area contributed by atoms with Gasteiger partial charge in [-0.3, -0.25) is 0 Å². The SMILES string of the molecule is CC1(C)c2cc(-c3nc(-c4ccc5c(c4)C(C)(C)c4cc6ccccc6cc4-5)c4cc(-n5c6ccccc6c6cc7c8c9ccccc9c(-c9ccccc9)cc8n(-c8ccccc8)c7cc65)ccc4n3)ccc2-c2cc3ccccc3cc21. The predicted molar refractivity (Wildman–Crippen MR) is 352 cm³/mol. The second-order valence-electron chi connectivity index (χ2n) is 24.5. The van der Waals surface area contributed by atoms with Gasteiger partial charge in [-0.2, -0.15) is 0 Å². The molecule has 0 saturated carbocycles. The summed E-state index contributed by atoms with van der Waals surface area (Å²) in [4.78, 5) is 11.3. The lowest BCUT2D eigenvalue weighted by atomic mass is 9.81. The van der Waals surface area contributed by atoms with Crippen LogP contribution in [0, 0.1) is 0 Å². The van der Waals surface area contributed by atoms with Crippen LogP contribution in [0.25, 0.3) is 154 Å². The maximum atomic E-state index is 5.76. The monoisotopic (exact) mass is 1070 g/mol. The van der Waals surface area contributed by atoms with Crippen molar-refractivity contribution in [1.29, 1.82) is 0 Å². The van der Waals surface area contributed by atoms with E-state index in [-0.39, 0.29) is 10.8 Å². The molecule has 0 radical (unpaired) electrons. The van der Waals surface area contributed by atoms with Crippen molar-refractivity contribution in [3.05, 3.63) is 277 Å². The van der Waals surface area contributed by atoms with E-state index in [1.807, 2.05) is 0 Å². The van der Waals surface area contributed by atoms with Crippen LogP contribution in [0.4, 0.5) is 0 Å². The third-order valence-corrected chi connectivity index (χ3v) is 19.2. The predicted octanol–water partition coefficient (Wildman–Crippen LogP) is 20.9. The number of fused-ring (bicyclic) bond motifs is 17. The van der Waals surface area contributed by atoms with Crippen LogP contribution in [-0.2, 0) is 10.8 Å². The second kappa shape index (κ2) is 17.1. The van der Waals surface area contributed by atoms with Gasteiger partial charge >= 0.3 is 0 Å². The molecule has 2 aliphatic carbocycles. The molecule has 0 spiro atoms. The van der Waals surface area contributed by atoms with Crippen LogP contribution in [0.3, 0.4) is 0 Å². The van der Waals surface area contributed by atoms with Crippen LogP contribution in [-0.4, -0.2) is 19.1 Å². The van der Waals surface area contributed by atoms with E-state index in [1.165, 1.54) is 115 Å². The van der Waals surface area contributed by atoms with E-state index in [2.05, 4.69) is 292 Å². The highest BCUT2D eigenvalue weighted by molar-refractivity contribution is 6.27. The van der Waals surface area contributed by atoms with Gasteiger partial charge in [0.2, 0.25) is 0 Å². The number of rotatable bonds is 5. The number of para-hydroxylation sites is 2. The Morgan fingerprint density at radius 1 is 0.286 bits per heavy atom. The molecule has 0 amide bonds. The molecule has 0 unspecified atom stereocenters. The minimum absolute atomic E-state index is 0.215. The van der Waals surface area contributed by atoms with Crippen LogP contribution >= 0.6 is 0 Å². The molecule has 4 heteroatoms. The van der Waals surface area contributed by atoms with Gasteiger partial charge in [-0.05, 0) is 179 Å². The molecular formula is C80H54N4. The smallest absolute Gasteiger partial charge is 0.160 e. The van der Waals surface area contributed by atoms with Gasteiger partial charge in [0.05, 0.1) is 33.3 Å². The summed E-state index contributed by atoms with van der Waals surface area (Å²) in [6.45, 7) is 9.49. The van der Waals surface area contributed by atoms with E-state index >= 15 is 0 Å². The van der Waals surface area contributed by atoms with Crippen molar-refractivity contribution in [3.8, 4) is 67.4 Å². The molecular weight excluding hydrogens is 1020 g/mol. The minimum Gasteiger partial charge on any atom is -0.309 e. The van der Waals surface area contributed by atoms with Gasteiger partial charge in [0.1, 0.15) is 0 Å². The van der Waals surface area contributed by atoms with Gasteiger partial charge < -0.3 is 9.13 Å². The molecule has 0 N–H and O–H groups in total. The van der Waals surface area contributed by atoms with Crippen LogP contribution in [0.5, 0.6) is 0 Å². The Morgan fingerprint density at radius 3 is 1.50 bits per heavy atom. The van der Waals surface area contributed by atoms with E-state index < -0.39 is 0 Å². The maximum Gasteiger partial charge on any atom is 0.160 e. The summed E-state index contributed by atoms with van der Waals surface area (Å²) in [5, 5.41) is 13.4. The van der Waals surface area contributed by atoms with Crippen molar-refractivity contribution >= 4 is 86.8 Å². The van der Waals surface area contributed by atoms with E-state index in [4.69, 9.17) is 9.97 Å². The molecule has 16 aromatic rings. The van der Waals surface area contributed by atoms with Crippen LogP contribution in [0.15, 0.2) is 255 Å². The van der Waals surface area contributed by atoms with Crippen molar-refractivity contribution < 1.29 is 0 Å². The van der Waals surface area contributed by atoms with Crippen molar-refractivity contribution in [2.24, 2.45) is 0 Å². The van der Waals surface area contributed by atoms with Gasteiger partial charge in [-0.15, -0.1) is 0 Å². The topological polar surface area (TPSA) is 35.6 Å². The summed E-state index contributed by atoms with van der Waals surface area (Å²) in [5.74, 6) is 0.718. The fourth-order valence-corrected chi connectivity index (χ4v) is 15.1. The first kappa shape index (κ1) is 47.2. The zero-order valence-corrected chi connectivity index (χ0v) is 47.0. The van der Waals surface area contributed by atoms with Crippen LogP contribution < -0.4 is 0 Å². The molecule has 13 aromatic carbocycles. The van der Waals surface area contributed by atoms with Gasteiger partial charge in [-0.1, -0.05) is 191 Å². The maximum absolute atomic E-state index is 5.76. The highest BCUT2D eigenvalue weighted by Gasteiger charge is 2.38. The zero-order chi connectivity index (χ0) is 55.7. The lowest BCUT2D eigenvalue weighted by Crippen LogP contribution is -2.15. The Balaban J connectivity index is 0.876. The number of hydrogen-bond donors (Lipinski definition) is 0. The Morgan fingerprint density at radius 2 is 0.821 bits per heavy atom. The molecule has 84 heavy (non-hydrogen) atoms. The summed E-state index contributed by atoms with van der Waals surface area (Å²) < 4.78 is 4.95. The minimum atomic E-state index is -0.237. The first-order valence-electron chi connectivity index (χ1n) is 29.4. The van der Waals surface area contributed by atoms with Crippen LogP contribution in [0.2, 0.25) is 0 Å². The molecule has 394 valence electrons. The van der Waals surface area contributed by atoms with E-state index in [1.54, 1.807) is 0 Å². The summed E-state index contributed by atoms with van der Waals surface area (Å²) in [6.07, 6.45) is 0. The Kier molecular flexibility index (Phi) is 9.60. The first-order valence-corrected chi connectivity index (χ1v) is 29.4. The quantitative estimate of drug-likeness (QED) is 0.172. The first-order chi connectivity index (χ1) is 41.1. The summed E-state index contributed by atoms with van der Waals surface area (Å²) in [7, 11) is 0. The highest BCUT2D eigenvalue weighted by Crippen LogP contribution is 2.53. The fraction of sp³-hybridized carbons (Fsp3) is 0.0750. The van der Waals surface area contributed by atoms with E-state index in [0.717, 1.165) is 61.5 Å². The molecule has 0 saturated heterocycles. The number of hydrogen-bond acceptors (Lipinski definition) is 2. The third kappa shape index (κ3) is 6.59. The molecule has 3 aromatic heterocycles. The normalized spacial score (nSPS) is 13.9. The third-order valence-electron chi connectivity index (χ3n) is 19.2. The average Bonchev–Trinajstić information content (AvgIpc) is 1.94. The van der Waals surface area contributed by atoms with Crippen molar-refractivity contribution in [2.45, 2.75) is 38.5 Å². The molecule has 3 heterocycles. The number of aromatic nitrogens is 4. The number of nitrogens with zero attached hydrogens (tertiary/aromatic N) is 4. The van der Waals surface area contributed by atoms with Gasteiger partial charge in [0.25, 0.3) is 0 Å². The second-order valence-corrected chi connectivity index (χ2v) is 24.5. The largest absolute Gasteiger partial charge is 0.309 e. The van der Waals surface area contributed by atoms with Gasteiger partial charge in [0.15, 0.2) is 5.82 Å². The number of benzene rings is 13. The fourth-order valence-electron chi connectivity index (χ4n) is 15.1. The van der Waals surface area contributed by atoms with Gasteiger partial charge in [0, 0.05) is 60.3 Å². The lowest BCUT2D eigenvalue weighted by molar-refractivity contribution is 0.661. The summed E-state index contributed by atoms with van der Waals surface area (Å²) >= 11 is 0. The Labute approximate surface area is 486 Å². The average molecular weight is 1070 g/mol. The zero-order valence-electron chi connectivity index (χ0n) is 47.0. The standard InChI is InChI=1S/C80H54N4/c1-79(2)67-41-52(31-34-57(67)62-37-48-21-11-13-23-50(48)39-69(62)79)77-65-43-55(33-36-71(65)81-78(82-77)53-32-35-58-63-38-49-22-12-14-24-51(49)40-70(63)80(3,4)68(58)42-53)84-72-30-18-17-28-59(72)64-44-66-74(46-73(64)84)83(54-25-9-6-10-26-54)75-45-61(47-19-7-5-8-20-47)56-27-15-16-29-60(56)76(66)75/h5-46H,1-4H3. The van der Waals surface area contributed by atoms with Crippen LogP contribution in [0.1, 0.15) is 49.9 Å². The molecule has 0 atom stereocenters. The molecule has 4 nitrogen and oxygen atoms in total. The molecule has 0 fully saturated rings. The van der Waals surface area contributed by atoms with Crippen molar-refractivity contribution in [2.75, 3.05) is 0 Å². The van der Waals surface area contributed by atoms with E-state index in [0.29, 0.717) is 0 Å². The highest BCUT2D eigenvalue weighted by atomic mass is 15.0. The van der Waals surface area contributed by atoms with Gasteiger partial charge in [-0.25, -0.2) is 9.97 Å². The lowest BCUT2D eigenvalue weighted by Gasteiger charge is -2.23. The van der Waals surface area contributed by atoms with Crippen molar-refractivity contribution in [1.82, 2.24) is 19.1 Å².